The molecule has 2 aromatic rings. The monoisotopic (exact) mass is 386 g/mol. The summed E-state index contributed by atoms with van der Waals surface area (Å²) < 4.78 is 12.5. The Morgan fingerprint density at radius 1 is 1.21 bits per heavy atom. The van der Waals surface area contributed by atoms with E-state index in [0.29, 0.717) is 12.8 Å². The highest BCUT2D eigenvalue weighted by Gasteiger charge is 2.22. The van der Waals surface area contributed by atoms with Crippen LogP contribution >= 0.6 is 0 Å². The maximum absolute atomic E-state index is 12.2. The van der Waals surface area contributed by atoms with Crippen LogP contribution in [0.25, 0.3) is 10.9 Å². The molecule has 6 heteroatoms. The lowest BCUT2D eigenvalue weighted by atomic mass is 10.1. The van der Waals surface area contributed by atoms with Gasteiger partial charge in [-0.3, -0.25) is 5.32 Å². The minimum atomic E-state index is -0.656. The standard InChI is InChI=1S/C22H30N2O4/c1-6-22(3,4)28-21(26)23-18(20(25)27-7-2)13-10-11-16-15-24(5)19-14-9-8-12-17(16)19/h8-9,12-15H,6-7,10-11H2,1-5H3,(H,23,26)/b18-13-. The van der Waals surface area contributed by atoms with Crippen LogP contribution in [-0.2, 0) is 27.7 Å². The number of alkyl carbamates (subject to hydrolysis) is 1. The Morgan fingerprint density at radius 2 is 1.93 bits per heavy atom. The third-order valence-corrected chi connectivity index (χ3v) is 4.69. The van der Waals surface area contributed by atoms with E-state index in [1.165, 1.54) is 10.9 Å². The third kappa shape index (κ3) is 5.62. The summed E-state index contributed by atoms with van der Waals surface area (Å²) in [5.41, 5.74) is 1.86. The predicted molar refractivity (Wildman–Crippen MR) is 110 cm³/mol. The van der Waals surface area contributed by atoms with Crippen LogP contribution in [0, 0.1) is 0 Å². The summed E-state index contributed by atoms with van der Waals surface area (Å²) in [4.78, 5) is 24.4. The number of esters is 1. The number of ether oxygens (including phenoxy) is 2. The Morgan fingerprint density at radius 3 is 2.61 bits per heavy atom. The van der Waals surface area contributed by atoms with Crippen LogP contribution in [-0.4, -0.2) is 28.8 Å². The molecule has 0 aliphatic rings. The minimum absolute atomic E-state index is 0.110. The molecular formula is C22H30N2O4. The highest BCUT2D eigenvalue weighted by molar-refractivity contribution is 5.92. The average molecular weight is 386 g/mol. The van der Waals surface area contributed by atoms with Gasteiger partial charge in [0.05, 0.1) is 6.61 Å². The molecule has 1 N–H and O–H groups in total. The van der Waals surface area contributed by atoms with Crippen molar-refractivity contribution >= 4 is 23.0 Å². The van der Waals surface area contributed by atoms with E-state index in [4.69, 9.17) is 9.47 Å². The number of aryl methyl sites for hydroxylation is 2. The summed E-state index contributed by atoms with van der Waals surface area (Å²) in [6, 6.07) is 8.19. The summed E-state index contributed by atoms with van der Waals surface area (Å²) in [5.74, 6) is -0.563. The lowest BCUT2D eigenvalue weighted by Gasteiger charge is -2.23. The molecule has 6 nitrogen and oxygen atoms in total. The van der Waals surface area contributed by atoms with Crippen LogP contribution in [0.3, 0.4) is 0 Å². The number of nitrogens with zero attached hydrogens (tertiary/aromatic N) is 1. The number of benzene rings is 1. The lowest BCUT2D eigenvalue weighted by molar-refractivity contribution is -0.139. The van der Waals surface area contributed by atoms with Crippen molar-refractivity contribution < 1.29 is 19.1 Å². The highest BCUT2D eigenvalue weighted by Crippen LogP contribution is 2.22. The molecule has 0 spiro atoms. The van der Waals surface area contributed by atoms with Crippen molar-refractivity contribution in [2.75, 3.05) is 6.61 Å². The molecule has 0 fully saturated rings. The first-order valence-electron chi connectivity index (χ1n) is 9.67. The molecule has 0 aliphatic heterocycles. The summed E-state index contributed by atoms with van der Waals surface area (Å²) >= 11 is 0. The van der Waals surface area contributed by atoms with Crippen LogP contribution in [0.1, 0.15) is 46.1 Å². The van der Waals surface area contributed by atoms with Crippen LogP contribution in [0.4, 0.5) is 4.79 Å². The third-order valence-electron chi connectivity index (χ3n) is 4.69. The van der Waals surface area contributed by atoms with E-state index in [1.54, 1.807) is 13.0 Å². The summed E-state index contributed by atoms with van der Waals surface area (Å²) in [5, 5.41) is 3.73. The zero-order valence-corrected chi connectivity index (χ0v) is 17.4. The Kier molecular flexibility index (Phi) is 7.26. The van der Waals surface area contributed by atoms with Crippen LogP contribution in [0.5, 0.6) is 0 Å². The maximum atomic E-state index is 12.2. The number of carbonyl (C=O) groups excluding carboxylic acids is 2. The zero-order valence-electron chi connectivity index (χ0n) is 17.4. The van der Waals surface area contributed by atoms with E-state index in [0.717, 1.165) is 11.9 Å². The van der Waals surface area contributed by atoms with E-state index in [2.05, 4.69) is 28.2 Å². The summed E-state index contributed by atoms with van der Waals surface area (Å²) in [6.07, 6.45) is 5.12. The number of hydrogen-bond donors (Lipinski definition) is 1. The summed E-state index contributed by atoms with van der Waals surface area (Å²) in [7, 11) is 2.01. The van der Waals surface area contributed by atoms with Gasteiger partial charge in [0.15, 0.2) is 0 Å². The SMILES string of the molecule is CCOC(=O)/C(=C/CCc1cn(C)c2ccccc12)NC(=O)OC(C)(C)CC. The number of nitrogens with one attached hydrogen (secondary N) is 1. The van der Waals surface area contributed by atoms with Gasteiger partial charge in [0.25, 0.3) is 0 Å². The number of amides is 1. The van der Waals surface area contributed by atoms with Crippen molar-refractivity contribution in [3.63, 3.8) is 0 Å². The maximum Gasteiger partial charge on any atom is 0.412 e. The van der Waals surface area contributed by atoms with Gasteiger partial charge in [-0.05, 0) is 51.7 Å². The zero-order chi connectivity index (χ0) is 20.7. The average Bonchev–Trinajstić information content (AvgIpc) is 2.97. The predicted octanol–water partition coefficient (Wildman–Crippen LogP) is 4.47. The van der Waals surface area contributed by atoms with E-state index in [9.17, 15) is 9.59 Å². The molecule has 0 unspecified atom stereocenters. The highest BCUT2D eigenvalue weighted by atomic mass is 16.6. The fourth-order valence-electron chi connectivity index (χ4n) is 2.85. The van der Waals surface area contributed by atoms with Crippen molar-refractivity contribution in [1.82, 2.24) is 9.88 Å². The normalized spacial score (nSPS) is 12.1. The Hall–Kier alpha value is -2.76. The fourth-order valence-corrected chi connectivity index (χ4v) is 2.85. The lowest BCUT2D eigenvalue weighted by Crippen LogP contribution is -2.36. The smallest absolute Gasteiger partial charge is 0.412 e. The van der Waals surface area contributed by atoms with Crippen molar-refractivity contribution in [2.45, 2.75) is 52.6 Å². The number of fused-ring (bicyclic) bond motifs is 1. The first-order valence-corrected chi connectivity index (χ1v) is 9.67. The molecular weight excluding hydrogens is 356 g/mol. The largest absolute Gasteiger partial charge is 0.461 e. The van der Waals surface area contributed by atoms with Crippen molar-refractivity contribution in [3.05, 3.63) is 47.8 Å². The molecule has 0 bridgehead atoms. The number of hydrogen-bond acceptors (Lipinski definition) is 4. The molecule has 152 valence electrons. The van der Waals surface area contributed by atoms with Crippen molar-refractivity contribution in [1.29, 1.82) is 0 Å². The Balaban J connectivity index is 2.11. The first-order chi connectivity index (χ1) is 13.3. The molecule has 1 aromatic carbocycles. The second kappa shape index (κ2) is 9.44. The quantitative estimate of drug-likeness (QED) is 0.537. The first kappa shape index (κ1) is 21.5. The number of allylic oxidation sites excluding steroid dienone is 1. The van der Waals surface area contributed by atoms with E-state index in [-0.39, 0.29) is 12.3 Å². The molecule has 0 radical (unpaired) electrons. The Bertz CT molecular complexity index is 865. The minimum Gasteiger partial charge on any atom is -0.461 e. The fraction of sp³-hybridized carbons (Fsp3) is 0.455. The molecule has 0 saturated carbocycles. The van der Waals surface area contributed by atoms with E-state index in [1.807, 2.05) is 40.0 Å². The molecule has 0 saturated heterocycles. The van der Waals surface area contributed by atoms with Crippen LogP contribution < -0.4 is 5.32 Å². The second-order valence-corrected chi connectivity index (χ2v) is 7.29. The van der Waals surface area contributed by atoms with Gasteiger partial charge in [-0.1, -0.05) is 31.2 Å². The number of carbonyl (C=O) groups is 2. The van der Waals surface area contributed by atoms with Gasteiger partial charge in [0, 0.05) is 24.1 Å². The van der Waals surface area contributed by atoms with Gasteiger partial charge >= 0.3 is 12.1 Å². The van der Waals surface area contributed by atoms with Gasteiger partial charge < -0.3 is 14.0 Å². The topological polar surface area (TPSA) is 69.6 Å². The molecule has 1 aromatic heterocycles. The van der Waals surface area contributed by atoms with Crippen LogP contribution in [0.2, 0.25) is 0 Å². The Labute approximate surface area is 166 Å². The van der Waals surface area contributed by atoms with Gasteiger partial charge in [0.2, 0.25) is 0 Å². The number of rotatable bonds is 8. The van der Waals surface area contributed by atoms with Gasteiger partial charge in [-0.15, -0.1) is 0 Å². The molecule has 0 atom stereocenters. The van der Waals surface area contributed by atoms with Crippen LogP contribution in [0.15, 0.2) is 42.2 Å². The summed E-state index contributed by atoms with van der Waals surface area (Å²) in [6.45, 7) is 7.53. The van der Waals surface area contributed by atoms with Crippen molar-refractivity contribution in [2.24, 2.45) is 7.05 Å². The van der Waals surface area contributed by atoms with E-state index < -0.39 is 17.7 Å². The molecule has 28 heavy (non-hydrogen) atoms. The molecule has 0 aliphatic carbocycles. The van der Waals surface area contributed by atoms with Gasteiger partial charge in [-0.2, -0.15) is 0 Å². The second-order valence-electron chi connectivity index (χ2n) is 7.29. The molecule has 1 heterocycles. The molecule has 1 amide bonds. The number of aromatic nitrogens is 1. The molecule has 2 rings (SSSR count). The van der Waals surface area contributed by atoms with Crippen molar-refractivity contribution in [3.8, 4) is 0 Å². The van der Waals surface area contributed by atoms with Gasteiger partial charge in [0.1, 0.15) is 11.3 Å². The number of para-hydroxylation sites is 1. The van der Waals surface area contributed by atoms with Gasteiger partial charge in [-0.25, -0.2) is 9.59 Å². The van der Waals surface area contributed by atoms with E-state index >= 15 is 0 Å².